The summed E-state index contributed by atoms with van der Waals surface area (Å²) in [4.78, 5) is 13.1. The summed E-state index contributed by atoms with van der Waals surface area (Å²) in [6.07, 6.45) is 6.17. The Labute approximate surface area is 111 Å². The lowest BCUT2D eigenvalue weighted by atomic mass is 10.1. The molecule has 0 atom stereocenters. The molecule has 1 aromatic carbocycles. The Hall–Kier alpha value is -2.55. The minimum atomic E-state index is 0.899. The van der Waals surface area contributed by atoms with Gasteiger partial charge in [-0.05, 0) is 17.7 Å². The molecule has 3 nitrogen and oxygen atoms in total. The van der Waals surface area contributed by atoms with E-state index in [9.17, 15) is 0 Å². The van der Waals surface area contributed by atoms with Gasteiger partial charge in [-0.3, -0.25) is 4.98 Å². The van der Waals surface area contributed by atoms with Gasteiger partial charge >= 0.3 is 0 Å². The van der Waals surface area contributed by atoms with Crippen molar-refractivity contribution in [2.75, 3.05) is 0 Å². The monoisotopic (exact) mass is 245 g/mol. The van der Waals surface area contributed by atoms with Crippen LogP contribution in [-0.2, 0) is 6.42 Å². The summed E-state index contributed by atoms with van der Waals surface area (Å²) >= 11 is 0. The van der Waals surface area contributed by atoms with Crippen molar-refractivity contribution in [3.05, 3.63) is 66.2 Å². The molecule has 0 amide bonds. The van der Waals surface area contributed by atoms with E-state index in [1.54, 1.807) is 12.5 Å². The van der Waals surface area contributed by atoms with E-state index < -0.39 is 0 Å². The number of hydrogen-bond donors (Lipinski definition) is 0. The molecule has 3 aromatic rings. The normalized spacial score (nSPS) is 12.0. The van der Waals surface area contributed by atoms with E-state index >= 15 is 0 Å². The molecular formula is C16H11N3. The summed E-state index contributed by atoms with van der Waals surface area (Å²) in [5.41, 5.74) is 6.86. The molecule has 2 heterocycles. The number of pyridine rings is 1. The Kier molecular flexibility index (Phi) is 2.18. The van der Waals surface area contributed by atoms with E-state index in [2.05, 4.69) is 39.2 Å². The average Bonchev–Trinajstić information content (AvgIpc) is 2.87. The molecule has 0 N–H and O–H groups in total. The van der Waals surface area contributed by atoms with Crippen LogP contribution in [0.3, 0.4) is 0 Å². The molecule has 0 saturated carbocycles. The average molecular weight is 245 g/mol. The maximum Gasteiger partial charge on any atom is 0.116 e. The van der Waals surface area contributed by atoms with Gasteiger partial charge < -0.3 is 0 Å². The Bertz CT molecular complexity index is 751. The highest BCUT2D eigenvalue weighted by molar-refractivity contribution is 5.79. The molecule has 0 spiro atoms. The molecule has 3 heteroatoms. The van der Waals surface area contributed by atoms with Gasteiger partial charge in [0.1, 0.15) is 6.33 Å². The molecule has 1 aliphatic rings. The molecule has 0 aliphatic heterocycles. The molecule has 0 fully saturated rings. The zero-order valence-corrected chi connectivity index (χ0v) is 10.2. The van der Waals surface area contributed by atoms with Gasteiger partial charge in [-0.25, -0.2) is 9.97 Å². The van der Waals surface area contributed by atoms with Crippen molar-refractivity contribution < 1.29 is 0 Å². The molecule has 0 bridgehead atoms. The van der Waals surface area contributed by atoms with Crippen LogP contribution in [0, 0.1) is 0 Å². The van der Waals surface area contributed by atoms with E-state index in [1.165, 1.54) is 16.7 Å². The van der Waals surface area contributed by atoms with Crippen molar-refractivity contribution in [3.8, 4) is 22.5 Å². The molecule has 1 aliphatic carbocycles. The number of nitrogens with zero attached hydrogens (tertiary/aromatic N) is 3. The molecule has 0 saturated heterocycles. The summed E-state index contributed by atoms with van der Waals surface area (Å²) in [7, 11) is 0. The summed E-state index contributed by atoms with van der Waals surface area (Å²) in [6.45, 7) is 0. The lowest BCUT2D eigenvalue weighted by molar-refractivity contribution is 1.12. The molecule has 2 aromatic heterocycles. The fraction of sp³-hybridized carbons (Fsp3) is 0.0625. The van der Waals surface area contributed by atoms with Crippen molar-refractivity contribution in [3.63, 3.8) is 0 Å². The zero-order chi connectivity index (χ0) is 12.7. The number of hydrogen-bond acceptors (Lipinski definition) is 3. The second-order valence-corrected chi connectivity index (χ2v) is 4.63. The van der Waals surface area contributed by atoms with Crippen LogP contribution in [0.4, 0.5) is 0 Å². The van der Waals surface area contributed by atoms with Crippen LogP contribution in [0.5, 0.6) is 0 Å². The van der Waals surface area contributed by atoms with Crippen molar-refractivity contribution in [2.45, 2.75) is 6.42 Å². The highest BCUT2D eigenvalue weighted by Crippen LogP contribution is 2.38. The van der Waals surface area contributed by atoms with E-state index in [-0.39, 0.29) is 0 Å². The smallest absolute Gasteiger partial charge is 0.116 e. The predicted molar refractivity (Wildman–Crippen MR) is 73.5 cm³/mol. The van der Waals surface area contributed by atoms with E-state index in [0.717, 1.165) is 23.4 Å². The van der Waals surface area contributed by atoms with Gasteiger partial charge in [-0.2, -0.15) is 0 Å². The Morgan fingerprint density at radius 3 is 2.68 bits per heavy atom. The molecule has 90 valence electrons. The summed E-state index contributed by atoms with van der Waals surface area (Å²) < 4.78 is 0. The fourth-order valence-electron chi connectivity index (χ4n) is 2.66. The van der Waals surface area contributed by atoms with Crippen LogP contribution in [0.15, 0.2) is 55.1 Å². The van der Waals surface area contributed by atoms with Crippen molar-refractivity contribution in [1.29, 1.82) is 0 Å². The van der Waals surface area contributed by atoms with Crippen LogP contribution < -0.4 is 0 Å². The number of fused-ring (bicyclic) bond motifs is 3. The van der Waals surface area contributed by atoms with Gasteiger partial charge in [0.25, 0.3) is 0 Å². The molecular weight excluding hydrogens is 234 g/mol. The van der Waals surface area contributed by atoms with Crippen LogP contribution in [0.25, 0.3) is 22.5 Å². The van der Waals surface area contributed by atoms with Gasteiger partial charge in [0.2, 0.25) is 0 Å². The van der Waals surface area contributed by atoms with Crippen molar-refractivity contribution in [2.24, 2.45) is 0 Å². The lowest BCUT2D eigenvalue weighted by Gasteiger charge is -2.05. The van der Waals surface area contributed by atoms with Crippen LogP contribution in [0.1, 0.15) is 11.1 Å². The first kappa shape index (κ1) is 10.4. The van der Waals surface area contributed by atoms with E-state index in [0.29, 0.717) is 0 Å². The van der Waals surface area contributed by atoms with Gasteiger partial charge in [-0.15, -0.1) is 0 Å². The van der Waals surface area contributed by atoms with Crippen LogP contribution in [-0.4, -0.2) is 15.0 Å². The molecule has 0 radical (unpaired) electrons. The highest BCUT2D eigenvalue weighted by Gasteiger charge is 2.23. The Balaban J connectivity index is 1.95. The largest absolute Gasteiger partial charge is 0.264 e. The zero-order valence-electron chi connectivity index (χ0n) is 10.2. The predicted octanol–water partition coefficient (Wildman–Crippen LogP) is 3.11. The van der Waals surface area contributed by atoms with Gasteiger partial charge in [0.05, 0.1) is 11.4 Å². The second-order valence-electron chi connectivity index (χ2n) is 4.63. The van der Waals surface area contributed by atoms with Gasteiger partial charge in [-0.1, -0.05) is 24.3 Å². The summed E-state index contributed by atoms with van der Waals surface area (Å²) in [5.74, 6) is 0. The first-order chi connectivity index (χ1) is 9.43. The maximum absolute atomic E-state index is 4.46. The van der Waals surface area contributed by atoms with Crippen LogP contribution >= 0.6 is 0 Å². The molecule has 0 unspecified atom stereocenters. The first-order valence-corrected chi connectivity index (χ1v) is 6.26. The first-order valence-electron chi connectivity index (χ1n) is 6.26. The molecule has 4 rings (SSSR count). The Morgan fingerprint density at radius 1 is 0.895 bits per heavy atom. The van der Waals surface area contributed by atoms with Crippen molar-refractivity contribution >= 4 is 0 Å². The third-order valence-electron chi connectivity index (χ3n) is 3.52. The van der Waals surface area contributed by atoms with E-state index in [1.807, 2.05) is 18.3 Å². The number of benzene rings is 1. The SMILES string of the molecule is c1cncc(-c2ncnc3c2Cc2ccccc2-3)c1. The minimum absolute atomic E-state index is 0.899. The topological polar surface area (TPSA) is 38.7 Å². The number of aromatic nitrogens is 3. The standard InChI is InChI=1S/C16H11N3/c1-2-6-13-11(4-1)8-14-15(18-10-19-16(13)14)12-5-3-7-17-9-12/h1-7,9-10H,8H2. The lowest BCUT2D eigenvalue weighted by Crippen LogP contribution is -1.94. The van der Waals surface area contributed by atoms with Crippen LogP contribution in [0.2, 0.25) is 0 Å². The summed E-state index contributed by atoms with van der Waals surface area (Å²) in [6, 6.07) is 12.4. The second kappa shape index (κ2) is 3.99. The highest BCUT2D eigenvalue weighted by atomic mass is 14.9. The maximum atomic E-state index is 4.46. The van der Waals surface area contributed by atoms with Crippen molar-refractivity contribution in [1.82, 2.24) is 15.0 Å². The molecule has 19 heavy (non-hydrogen) atoms. The minimum Gasteiger partial charge on any atom is -0.264 e. The quantitative estimate of drug-likeness (QED) is 0.517. The van der Waals surface area contributed by atoms with E-state index in [4.69, 9.17) is 0 Å². The third kappa shape index (κ3) is 1.55. The van der Waals surface area contributed by atoms with Gasteiger partial charge in [0.15, 0.2) is 0 Å². The third-order valence-corrected chi connectivity index (χ3v) is 3.52. The Morgan fingerprint density at radius 2 is 1.79 bits per heavy atom. The van der Waals surface area contributed by atoms with Gasteiger partial charge in [0, 0.05) is 35.5 Å². The number of rotatable bonds is 1. The summed E-state index contributed by atoms with van der Waals surface area (Å²) in [5, 5.41) is 0. The fourth-order valence-corrected chi connectivity index (χ4v) is 2.66.